The topological polar surface area (TPSA) is 55.4 Å². The summed E-state index contributed by atoms with van der Waals surface area (Å²) in [5.41, 5.74) is 0.805. The number of hydrogen-bond acceptors (Lipinski definition) is 4. The van der Waals surface area contributed by atoms with E-state index in [-0.39, 0.29) is 12.5 Å². The molecule has 0 aliphatic rings. The van der Waals surface area contributed by atoms with Crippen LogP contribution in [-0.4, -0.2) is 18.0 Å². The first-order valence-corrected chi connectivity index (χ1v) is 8.61. The third-order valence-electron chi connectivity index (χ3n) is 3.22. The number of esters is 1. The zero-order valence-corrected chi connectivity index (χ0v) is 15.0. The molecule has 1 N–H and O–H groups in total. The Labute approximate surface area is 150 Å². The number of benzene rings is 1. The molecule has 0 spiro atoms. The predicted molar refractivity (Wildman–Crippen MR) is 96.9 cm³/mol. The number of carbonyl (C=O) groups excluding carboxylic acids is 2. The van der Waals surface area contributed by atoms with Crippen LogP contribution in [0.1, 0.15) is 22.2 Å². The minimum atomic E-state index is -0.880. The summed E-state index contributed by atoms with van der Waals surface area (Å²) in [6.07, 6.45) is 2.12. The van der Waals surface area contributed by atoms with Gasteiger partial charge in [-0.25, -0.2) is 4.79 Å². The van der Waals surface area contributed by atoms with Crippen LogP contribution in [0.2, 0.25) is 5.02 Å². The molecule has 0 radical (unpaired) electrons. The van der Waals surface area contributed by atoms with E-state index in [0.717, 1.165) is 15.3 Å². The fraction of sp³-hybridized carbons (Fsp3) is 0.222. The van der Waals surface area contributed by atoms with Crippen LogP contribution >= 0.6 is 22.9 Å². The lowest BCUT2D eigenvalue weighted by Gasteiger charge is -2.12. The maximum absolute atomic E-state index is 12.0. The Kier molecular flexibility index (Phi) is 6.58. The van der Waals surface area contributed by atoms with Crippen molar-refractivity contribution in [1.82, 2.24) is 5.32 Å². The molecule has 126 valence electrons. The maximum Gasteiger partial charge on any atom is 0.331 e. The molecule has 0 saturated heterocycles. The van der Waals surface area contributed by atoms with Crippen molar-refractivity contribution < 1.29 is 14.3 Å². The first kappa shape index (κ1) is 18.2. The summed E-state index contributed by atoms with van der Waals surface area (Å²) in [4.78, 5) is 25.9. The Morgan fingerprint density at radius 2 is 2.04 bits per heavy atom. The van der Waals surface area contributed by atoms with Crippen LogP contribution in [0.5, 0.6) is 0 Å². The summed E-state index contributed by atoms with van der Waals surface area (Å²) < 4.78 is 5.09. The number of rotatable bonds is 6. The molecular formula is C18H18ClNO3S. The van der Waals surface area contributed by atoms with E-state index in [4.69, 9.17) is 16.3 Å². The van der Waals surface area contributed by atoms with Crippen LogP contribution in [0.25, 0.3) is 6.08 Å². The molecule has 0 fully saturated rings. The lowest BCUT2D eigenvalue weighted by Crippen LogP contribution is -2.35. The summed E-state index contributed by atoms with van der Waals surface area (Å²) in [5, 5.41) is 3.28. The zero-order valence-electron chi connectivity index (χ0n) is 13.4. The highest BCUT2D eigenvalue weighted by atomic mass is 35.5. The van der Waals surface area contributed by atoms with Crippen LogP contribution in [-0.2, 0) is 20.9 Å². The highest BCUT2D eigenvalue weighted by molar-refractivity contribution is 7.12. The lowest BCUT2D eigenvalue weighted by molar-refractivity contribution is -0.150. The van der Waals surface area contributed by atoms with Gasteiger partial charge in [0, 0.05) is 27.4 Å². The van der Waals surface area contributed by atoms with Crippen molar-refractivity contribution in [1.29, 1.82) is 0 Å². The predicted octanol–water partition coefficient (Wildman–Crippen LogP) is 3.97. The standard InChI is InChI=1S/C18H18ClNO3S/c1-12-7-8-15(24-12)9-10-17(21)23-13(2)18(22)20-11-14-5-3-4-6-16(14)19/h3-10,13H,11H2,1-2H3,(H,20,22)/b10-9+/t13-/m1/s1. The first-order chi connectivity index (χ1) is 11.5. The minimum absolute atomic E-state index is 0.282. The van der Waals surface area contributed by atoms with Crippen molar-refractivity contribution in [2.75, 3.05) is 0 Å². The summed E-state index contributed by atoms with van der Waals surface area (Å²) in [5.74, 6) is -0.926. The van der Waals surface area contributed by atoms with Gasteiger partial charge in [0.15, 0.2) is 6.10 Å². The quantitative estimate of drug-likeness (QED) is 0.624. The van der Waals surface area contributed by atoms with Gasteiger partial charge < -0.3 is 10.1 Å². The number of aryl methyl sites for hydroxylation is 1. The van der Waals surface area contributed by atoms with E-state index < -0.39 is 12.1 Å². The van der Waals surface area contributed by atoms with Crippen molar-refractivity contribution in [3.63, 3.8) is 0 Å². The van der Waals surface area contributed by atoms with E-state index in [1.807, 2.05) is 37.3 Å². The molecule has 0 unspecified atom stereocenters. The van der Waals surface area contributed by atoms with Crippen LogP contribution in [0.15, 0.2) is 42.5 Å². The molecule has 0 saturated carbocycles. The monoisotopic (exact) mass is 363 g/mol. The lowest BCUT2D eigenvalue weighted by atomic mass is 10.2. The molecular weight excluding hydrogens is 346 g/mol. The molecule has 1 aromatic carbocycles. The maximum atomic E-state index is 12.0. The van der Waals surface area contributed by atoms with Gasteiger partial charge in [0.1, 0.15) is 0 Å². The van der Waals surface area contributed by atoms with E-state index in [9.17, 15) is 9.59 Å². The molecule has 0 aliphatic carbocycles. The van der Waals surface area contributed by atoms with Crippen molar-refractivity contribution in [2.24, 2.45) is 0 Å². The Morgan fingerprint density at radius 3 is 2.71 bits per heavy atom. The molecule has 6 heteroatoms. The van der Waals surface area contributed by atoms with Crippen LogP contribution < -0.4 is 5.32 Å². The third kappa shape index (κ3) is 5.51. The second-order valence-electron chi connectivity index (χ2n) is 5.17. The van der Waals surface area contributed by atoms with E-state index in [1.165, 1.54) is 13.0 Å². The zero-order chi connectivity index (χ0) is 17.5. The largest absolute Gasteiger partial charge is 0.449 e. The fourth-order valence-corrected chi connectivity index (χ4v) is 2.91. The Morgan fingerprint density at radius 1 is 1.29 bits per heavy atom. The van der Waals surface area contributed by atoms with Gasteiger partial charge in [-0.1, -0.05) is 29.8 Å². The number of thiophene rings is 1. The van der Waals surface area contributed by atoms with Crippen LogP contribution in [0.3, 0.4) is 0 Å². The summed E-state index contributed by atoms with van der Waals surface area (Å²) in [6, 6.07) is 11.1. The average molecular weight is 364 g/mol. The van der Waals surface area contributed by atoms with E-state index >= 15 is 0 Å². The van der Waals surface area contributed by atoms with Crippen molar-refractivity contribution in [2.45, 2.75) is 26.5 Å². The molecule has 1 atom stereocenters. The van der Waals surface area contributed by atoms with E-state index in [1.54, 1.807) is 23.5 Å². The highest BCUT2D eigenvalue weighted by Gasteiger charge is 2.16. The van der Waals surface area contributed by atoms with Gasteiger partial charge in [-0.3, -0.25) is 4.79 Å². The second kappa shape index (κ2) is 8.66. The Bertz CT molecular complexity index is 754. The number of carbonyl (C=O) groups is 2. The molecule has 1 amide bonds. The Hall–Kier alpha value is -2.11. The smallest absolute Gasteiger partial charge is 0.331 e. The van der Waals surface area contributed by atoms with Gasteiger partial charge in [-0.15, -0.1) is 11.3 Å². The SMILES string of the molecule is Cc1ccc(/C=C/C(=O)O[C@H](C)C(=O)NCc2ccccc2Cl)s1. The van der Waals surface area contributed by atoms with Gasteiger partial charge in [0.05, 0.1) is 0 Å². The summed E-state index contributed by atoms with van der Waals surface area (Å²) in [7, 11) is 0. The molecule has 0 bridgehead atoms. The fourth-order valence-electron chi connectivity index (χ4n) is 1.93. The highest BCUT2D eigenvalue weighted by Crippen LogP contribution is 2.16. The van der Waals surface area contributed by atoms with Crippen molar-refractivity contribution in [3.05, 3.63) is 62.8 Å². The summed E-state index contributed by atoms with van der Waals surface area (Å²) in [6.45, 7) is 3.80. The van der Waals surface area contributed by atoms with Gasteiger partial charge >= 0.3 is 5.97 Å². The number of amides is 1. The van der Waals surface area contributed by atoms with E-state index in [2.05, 4.69) is 5.32 Å². The molecule has 4 nitrogen and oxygen atoms in total. The molecule has 2 rings (SSSR count). The van der Waals surface area contributed by atoms with Gasteiger partial charge in [-0.05, 0) is 43.7 Å². The minimum Gasteiger partial charge on any atom is -0.449 e. The van der Waals surface area contributed by atoms with Crippen molar-refractivity contribution >= 4 is 40.9 Å². The molecule has 1 heterocycles. The number of hydrogen-bond donors (Lipinski definition) is 1. The van der Waals surface area contributed by atoms with Gasteiger partial charge in [0.2, 0.25) is 0 Å². The molecule has 0 aliphatic heterocycles. The first-order valence-electron chi connectivity index (χ1n) is 7.42. The van der Waals surface area contributed by atoms with Gasteiger partial charge in [-0.2, -0.15) is 0 Å². The molecule has 1 aromatic heterocycles. The average Bonchev–Trinajstić information content (AvgIpc) is 2.97. The molecule has 2 aromatic rings. The number of nitrogens with one attached hydrogen (secondary N) is 1. The third-order valence-corrected chi connectivity index (χ3v) is 4.55. The van der Waals surface area contributed by atoms with Gasteiger partial charge in [0.25, 0.3) is 5.91 Å². The van der Waals surface area contributed by atoms with E-state index in [0.29, 0.717) is 5.02 Å². The molecule has 24 heavy (non-hydrogen) atoms. The number of halogens is 1. The second-order valence-corrected chi connectivity index (χ2v) is 6.90. The number of ether oxygens (including phenoxy) is 1. The normalized spacial score (nSPS) is 12.1. The van der Waals surface area contributed by atoms with Crippen LogP contribution in [0.4, 0.5) is 0 Å². The summed E-state index contributed by atoms with van der Waals surface area (Å²) >= 11 is 7.60. The van der Waals surface area contributed by atoms with Crippen LogP contribution in [0, 0.1) is 6.92 Å². The Balaban J connectivity index is 1.81. The van der Waals surface area contributed by atoms with Crippen molar-refractivity contribution in [3.8, 4) is 0 Å².